The van der Waals surface area contributed by atoms with Crippen molar-refractivity contribution >= 4 is 17.5 Å². The second-order valence-electron chi connectivity index (χ2n) is 3.58. The Morgan fingerprint density at radius 3 is 2.61 bits per heavy atom. The number of nitrogens with zero attached hydrogens (tertiary/aromatic N) is 2. The maximum absolute atomic E-state index is 12.0. The summed E-state index contributed by atoms with van der Waals surface area (Å²) in [6, 6.07) is 3.54. The Morgan fingerprint density at radius 1 is 1.50 bits per heavy atom. The Kier molecular flexibility index (Phi) is 4.35. The van der Waals surface area contributed by atoms with Crippen molar-refractivity contribution in [2.45, 2.75) is 25.0 Å². The molecular weight excluding hydrogens is 265 g/mol. The molecule has 0 atom stereocenters. The number of alkyl halides is 3. The lowest BCUT2D eigenvalue weighted by Crippen LogP contribution is -2.24. The van der Waals surface area contributed by atoms with Crippen LogP contribution in [0.3, 0.4) is 0 Å². The quantitative estimate of drug-likeness (QED) is 0.795. The first-order valence-corrected chi connectivity index (χ1v) is 5.85. The molecule has 0 amide bonds. The highest BCUT2D eigenvalue weighted by atomic mass is 32.2. The SMILES string of the molecule is Cc1cc(C)c(C#N)c(SCC(=O)C(F)(F)F)n1. The number of thioether (sulfide) groups is 1. The summed E-state index contributed by atoms with van der Waals surface area (Å²) in [6.07, 6.45) is -4.85. The molecule has 0 aliphatic carbocycles. The fourth-order valence-corrected chi connectivity index (χ4v) is 2.25. The third kappa shape index (κ3) is 3.47. The molecule has 0 spiro atoms. The minimum atomic E-state index is -4.85. The van der Waals surface area contributed by atoms with Gasteiger partial charge in [0.25, 0.3) is 0 Å². The lowest BCUT2D eigenvalue weighted by molar-refractivity contribution is -0.167. The molecule has 7 heteroatoms. The Bertz CT molecular complexity index is 520. The summed E-state index contributed by atoms with van der Waals surface area (Å²) >= 11 is 0.632. The Morgan fingerprint density at radius 2 is 2.11 bits per heavy atom. The minimum absolute atomic E-state index is 0.160. The first-order chi connectivity index (χ1) is 8.25. The van der Waals surface area contributed by atoms with Gasteiger partial charge in [0.1, 0.15) is 11.1 Å². The maximum Gasteiger partial charge on any atom is 0.450 e. The highest BCUT2D eigenvalue weighted by Crippen LogP contribution is 2.26. The number of hydrogen-bond donors (Lipinski definition) is 0. The number of hydrogen-bond acceptors (Lipinski definition) is 4. The summed E-state index contributed by atoms with van der Waals surface area (Å²) < 4.78 is 36.1. The lowest BCUT2D eigenvalue weighted by atomic mass is 10.1. The smallest absolute Gasteiger partial charge is 0.289 e. The van der Waals surface area contributed by atoms with Crippen LogP contribution in [0, 0.1) is 25.2 Å². The van der Waals surface area contributed by atoms with E-state index >= 15 is 0 Å². The summed E-state index contributed by atoms with van der Waals surface area (Å²) in [5.74, 6) is -2.61. The van der Waals surface area contributed by atoms with Crippen molar-refractivity contribution < 1.29 is 18.0 Å². The number of rotatable bonds is 3. The van der Waals surface area contributed by atoms with Crippen LogP contribution < -0.4 is 0 Å². The predicted octanol–water partition coefficient (Wildman–Crippen LogP) is 2.79. The second kappa shape index (κ2) is 5.40. The van der Waals surface area contributed by atoms with Crippen LogP contribution in [0.5, 0.6) is 0 Å². The molecule has 1 aromatic rings. The van der Waals surface area contributed by atoms with Gasteiger partial charge in [-0.3, -0.25) is 4.79 Å². The summed E-state index contributed by atoms with van der Waals surface area (Å²) in [6.45, 7) is 3.34. The van der Waals surface area contributed by atoms with E-state index in [1.165, 1.54) is 0 Å². The molecule has 0 bridgehead atoms. The highest BCUT2D eigenvalue weighted by molar-refractivity contribution is 8.00. The Hall–Kier alpha value is -1.55. The molecule has 0 fully saturated rings. The van der Waals surface area contributed by atoms with E-state index in [-0.39, 0.29) is 10.6 Å². The van der Waals surface area contributed by atoms with Crippen LogP contribution in [-0.4, -0.2) is 22.7 Å². The van der Waals surface area contributed by atoms with Gasteiger partial charge in [0, 0.05) is 5.69 Å². The van der Waals surface area contributed by atoms with E-state index in [1.807, 2.05) is 6.07 Å². The van der Waals surface area contributed by atoms with Crippen LogP contribution >= 0.6 is 11.8 Å². The van der Waals surface area contributed by atoms with Crippen LogP contribution in [0.25, 0.3) is 0 Å². The minimum Gasteiger partial charge on any atom is -0.289 e. The van der Waals surface area contributed by atoms with E-state index in [1.54, 1.807) is 19.9 Å². The van der Waals surface area contributed by atoms with Gasteiger partial charge in [-0.05, 0) is 25.5 Å². The Labute approximate surface area is 106 Å². The zero-order valence-corrected chi connectivity index (χ0v) is 10.4. The topological polar surface area (TPSA) is 53.8 Å². The van der Waals surface area contributed by atoms with Gasteiger partial charge in [-0.2, -0.15) is 18.4 Å². The normalized spacial score (nSPS) is 11.1. The van der Waals surface area contributed by atoms with E-state index in [2.05, 4.69) is 4.98 Å². The molecule has 96 valence electrons. The molecule has 0 aromatic carbocycles. The first kappa shape index (κ1) is 14.5. The van der Waals surface area contributed by atoms with Crippen molar-refractivity contribution in [1.82, 2.24) is 4.98 Å². The second-order valence-corrected chi connectivity index (χ2v) is 4.55. The molecule has 1 heterocycles. The van der Waals surface area contributed by atoms with Gasteiger partial charge in [-0.15, -0.1) is 0 Å². The number of Topliss-reactive ketones (excluding diaryl/α,β-unsaturated/α-hetero) is 1. The van der Waals surface area contributed by atoms with Gasteiger partial charge in [0.05, 0.1) is 11.3 Å². The number of carbonyl (C=O) groups is 1. The third-order valence-corrected chi connectivity index (χ3v) is 3.05. The van der Waals surface area contributed by atoms with Gasteiger partial charge in [-0.1, -0.05) is 11.8 Å². The van der Waals surface area contributed by atoms with E-state index in [0.717, 1.165) is 0 Å². The molecule has 3 nitrogen and oxygen atoms in total. The third-order valence-electron chi connectivity index (χ3n) is 2.08. The lowest BCUT2D eigenvalue weighted by Gasteiger charge is -2.08. The van der Waals surface area contributed by atoms with E-state index < -0.39 is 17.7 Å². The van der Waals surface area contributed by atoms with Gasteiger partial charge >= 0.3 is 6.18 Å². The zero-order chi connectivity index (χ0) is 13.9. The van der Waals surface area contributed by atoms with Crippen molar-refractivity contribution in [3.8, 4) is 6.07 Å². The van der Waals surface area contributed by atoms with Crippen molar-refractivity contribution in [2.75, 3.05) is 5.75 Å². The number of ketones is 1. The number of pyridine rings is 1. The Balaban J connectivity index is 2.93. The molecule has 0 saturated heterocycles. The van der Waals surface area contributed by atoms with Gasteiger partial charge in [0.15, 0.2) is 0 Å². The average Bonchev–Trinajstić information content (AvgIpc) is 2.23. The summed E-state index contributed by atoms with van der Waals surface area (Å²) in [5, 5.41) is 9.06. The van der Waals surface area contributed by atoms with Crippen LogP contribution in [0.15, 0.2) is 11.1 Å². The van der Waals surface area contributed by atoms with Gasteiger partial charge in [0.2, 0.25) is 5.78 Å². The van der Waals surface area contributed by atoms with Gasteiger partial charge < -0.3 is 0 Å². The largest absolute Gasteiger partial charge is 0.450 e. The molecule has 0 aliphatic heterocycles. The van der Waals surface area contributed by atoms with Crippen LogP contribution in [-0.2, 0) is 4.79 Å². The van der Waals surface area contributed by atoms with Crippen molar-refractivity contribution in [3.05, 3.63) is 22.9 Å². The molecule has 0 saturated carbocycles. The summed E-state index contributed by atoms with van der Waals surface area (Å²) in [7, 11) is 0. The standard InChI is InChI=1S/C11H9F3N2OS/c1-6-3-7(2)16-10(8(6)4-15)18-5-9(17)11(12,13)14/h3H,5H2,1-2H3. The summed E-state index contributed by atoms with van der Waals surface area (Å²) in [5.41, 5.74) is 1.43. The molecular formula is C11H9F3N2OS. The van der Waals surface area contributed by atoms with Crippen LogP contribution in [0.2, 0.25) is 0 Å². The monoisotopic (exact) mass is 274 g/mol. The van der Waals surface area contributed by atoms with E-state index in [0.29, 0.717) is 23.0 Å². The fraction of sp³-hybridized carbons (Fsp3) is 0.364. The zero-order valence-electron chi connectivity index (χ0n) is 9.63. The molecule has 1 aromatic heterocycles. The molecule has 0 aliphatic rings. The molecule has 0 unspecified atom stereocenters. The first-order valence-electron chi connectivity index (χ1n) is 4.87. The maximum atomic E-state index is 12.0. The van der Waals surface area contributed by atoms with Gasteiger partial charge in [-0.25, -0.2) is 4.98 Å². The molecule has 18 heavy (non-hydrogen) atoms. The van der Waals surface area contributed by atoms with Crippen molar-refractivity contribution in [2.24, 2.45) is 0 Å². The number of aromatic nitrogens is 1. The molecule has 0 N–H and O–H groups in total. The number of carbonyl (C=O) groups excluding carboxylic acids is 1. The average molecular weight is 274 g/mol. The molecule has 1 rings (SSSR count). The number of nitriles is 1. The fourth-order valence-electron chi connectivity index (χ4n) is 1.26. The highest BCUT2D eigenvalue weighted by Gasteiger charge is 2.37. The number of halogens is 3. The van der Waals surface area contributed by atoms with Crippen molar-refractivity contribution in [1.29, 1.82) is 5.26 Å². The van der Waals surface area contributed by atoms with E-state index in [4.69, 9.17) is 5.26 Å². The van der Waals surface area contributed by atoms with Crippen LogP contribution in [0.1, 0.15) is 16.8 Å². The number of aryl methyl sites for hydroxylation is 2. The summed E-state index contributed by atoms with van der Waals surface area (Å²) in [4.78, 5) is 14.7. The van der Waals surface area contributed by atoms with E-state index in [9.17, 15) is 18.0 Å². The van der Waals surface area contributed by atoms with Crippen LogP contribution in [0.4, 0.5) is 13.2 Å². The molecule has 0 radical (unpaired) electrons. The predicted molar refractivity (Wildman–Crippen MR) is 60.2 cm³/mol. The van der Waals surface area contributed by atoms with Crippen molar-refractivity contribution in [3.63, 3.8) is 0 Å².